The number of nitrogens with one attached hydrogen (secondary N) is 3. The van der Waals surface area contributed by atoms with Gasteiger partial charge in [0.2, 0.25) is 23.6 Å². The number of hydrogen-bond acceptors (Lipinski definition) is 8. The molecule has 12 heteroatoms. The van der Waals surface area contributed by atoms with Crippen molar-refractivity contribution in [1.82, 2.24) is 30.7 Å². The molecule has 10 atom stereocenters. The molecule has 2 aromatic carbocycles. The zero-order valence-electron chi connectivity index (χ0n) is 37.5. The second-order valence-electron chi connectivity index (χ2n) is 17.0. The number of likely N-dealkylation sites (tertiary alicyclic amines) is 1. The van der Waals surface area contributed by atoms with Crippen molar-refractivity contribution in [3.63, 3.8) is 0 Å². The monoisotopic (exact) mass is 807 g/mol. The van der Waals surface area contributed by atoms with Crippen molar-refractivity contribution in [2.24, 2.45) is 23.7 Å². The molecule has 1 aliphatic rings. The Balaban J connectivity index is 1.84. The van der Waals surface area contributed by atoms with Gasteiger partial charge in [-0.05, 0) is 62.9 Å². The number of amides is 4. The van der Waals surface area contributed by atoms with E-state index in [-0.39, 0.29) is 65.9 Å². The summed E-state index contributed by atoms with van der Waals surface area (Å²) in [5, 5.41) is 9.81. The summed E-state index contributed by atoms with van der Waals surface area (Å²) >= 11 is 0. The predicted molar refractivity (Wildman–Crippen MR) is 231 cm³/mol. The van der Waals surface area contributed by atoms with Gasteiger partial charge in [0.15, 0.2) is 0 Å². The molecule has 4 amide bonds. The highest BCUT2D eigenvalue weighted by molar-refractivity contribution is 5.90. The molecule has 0 saturated carbocycles. The van der Waals surface area contributed by atoms with Crippen LogP contribution >= 0.6 is 0 Å². The van der Waals surface area contributed by atoms with E-state index in [1.807, 2.05) is 126 Å². The Labute approximate surface area is 349 Å². The fraction of sp³-hybridized carbons (Fsp3) is 0.652. The highest BCUT2D eigenvalue weighted by atomic mass is 16.5. The van der Waals surface area contributed by atoms with Crippen molar-refractivity contribution < 1.29 is 28.7 Å². The SMILES string of the molecule is CC[C@@H](C)C([C@H](CC(=O)N1CCC[C@@H]1[C@@H](OC)[C@H](C)C(=O)N[C@H](c1ccccc1)C(NC)c1ccccc1)OC)N(C)C(=O)[C@H](NC(=O)[C@@H](C(C)C)N(C)C)C(C)C. The molecule has 1 fully saturated rings. The summed E-state index contributed by atoms with van der Waals surface area (Å²) in [7, 11) is 10.6. The van der Waals surface area contributed by atoms with Crippen LogP contribution in [0.4, 0.5) is 0 Å². The molecule has 1 aliphatic heterocycles. The Hall–Kier alpha value is -3.84. The standard InChI is InChI=1S/C46H74N6O6/c1-14-31(6)42(51(11)46(56)38(29(2)3)48-45(55)41(30(4)5)50(9)10)36(57-12)28-37(53)52-27-21-26-35(52)43(58-13)32(7)44(54)49-40(34-24-19-16-20-25-34)39(47-8)33-22-17-15-18-23-33/h15-20,22-25,29-32,35-36,38-43,47H,14,21,26-28H2,1-13H3,(H,48,55)(H,49,54)/t31-,32+,35-,36+,38-,39?,40-,41-,42?,43+/m1/s1. The Kier molecular flexibility index (Phi) is 19.3. The van der Waals surface area contributed by atoms with E-state index >= 15 is 0 Å². The van der Waals surface area contributed by atoms with Crippen LogP contribution in [0.3, 0.4) is 0 Å². The van der Waals surface area contributed by atoms with Crippen LogP contribution in [0, 0.1) is 23.7 Å². The second kappa shape index (κ2) is 23.1. The smallest absolute Gasteiger partial charge is 0.245 e. The van der Waals surface area contributed by atoms with E-state index in [4.69, 9.17) is 9.47 Å². The van der Waals surface area contributed by atoms with Crippen LogP contribution in [0.5, 0.6) is 0 Å². The van der Waals surface area contributed by atoms with Gasteiger partial charge in [-0.25, -0.2) is 0 Å². The first-order valence-electron chi connectivity index (χ1n) is 21.2. The first kappa shape index (κ1) is 48.5. The first-order valence-corrected chi connectivity index (χ1v) is 21.2. The third kappa shape index (κ3) is 12.1. The van der Waals surface area contributed by atoms with Crippen molar-refractivity contribution >= 4 is 23.6 Å². The number of benzene rings is 2. The zero-order chi connectivity index (χ0) is 43.3. The van der Waals surface area contributed by atoms with Gasteiger partial charge in [0.25, 0.3) is 0 Å². The number of nitrogens with zero attached hydrogens (tertiary/aromatic N) is 3. The quantitative estimate of drug-likeness (QED) is 0.143. The third-order valence-corrected chi connectivity index (χ3v) is 12.2. The Morgan fingerprint density at radius 3 is 1.83 bits per heavy atom. The van der Waals surface area contributed by atoms with Gasteiger partial charge in [-0.3, -0.25) is 24.1 Å². The van der Waals surface area contributed by atoms with Gasteiger partial charge in [0.05, 0.1) is 54.8 Å². The van der Waals surface area contributed by atoms with Gasteiger partial charge in [-0.1, -0.05) is 116 Å². The molecular weight excluding hydrogens is 733 g/mol. The molecule has 58 heavy (non-hydrogen) atoms. The lowest BCUT2D eigenvalue weighted by Crippen LogP contribution is -2.59. The molecule has 1 saturated heterocycles. The van der Waals surface area contributed by atoms with Gasteiger partial charge < -0.3 is 35.2 Å². The summed E-state index contributed by atoms with van der Waals surface area (Å²) in [6.07, 6.45) is 1.09. The Morgan fingerprint density at radius 1 is 0.793 bits per heavy atom. The van der Waals surface area contributed by atoms with Gasteiger partial charge in [-0.2, -0.15) is 0 Å². The van der Waals surface area contributed by atoms with Crippen LogP contribution in [0.25, 0.3) is 0 Å². The summed E-state index contributed by atoms with van der Waals surface area (Å²) < 4.78 is 12.2. The minimum atomic E-state index is -0.755. The minimum Gasteiger partial charge on any atom is -0.379 e. The fourth-order valence-corrected chi connectivity index (χ4v) is 8.90. The summed E-state index contributed by atoms with van der Waals surface area (Å²) in [4.78, 5) is 61.9. The van der Waals surface area contributed by atoms with E-state index in [9.17, 15) is 19.2 Å². The number of likely N-dealkylation sites (N-methyl/N-ethyl adjacent to an activating group) is 3. The zero-order valence-corrected chi connectivity index (χ0v) is 37.5. The molecule has 0 spiro atoms. The van der Waals surface area contributed by atoms with Crippen LogP contribution in [-0.2, 0) is 28.7 Å². The van der Waals surface area contributed by atoms with Crippen LogP contribution < -0.4 is 16.0 Å². The minimum absolute atomic E-state index is 0.0138. The van der Waals surface area contributed by atoms with Crippen molar-refractivity contribution in [1.29, 1.82) is 0 Å². The molecule has 324 valence electrons. The lowest BCUT2D eigenvalue weighted by Gasteiger charge is -2.41. The van der Waals surface area contributed by atoms with Gasteiger partial charge in [0.1, 0.15) is 6.04 Å². The summed E-state index contributed by atoms with van der Waals surface area (Å²) in [6, 6.07) is 17.5. The maximum absolute atomic E-state index is 14.4. The highest BCUT2D eigenvalue weighted by Gasteiger charge is 2.43. The van der Waals surface area contributed by atoms with E-state index in [0.29, 0.717) is 13.0 Å². The maximum Gasteiger partial charge on any atom is 0.245 e. The van der Waals surface area contributed by atoms with Crippen LogP contribution in [0.1, 0.15) is 97.4 Å². The predicted octanol–water partition coefficient (Wildman–Crippen LogP) is 5.45. The average Bonchev–Trinajstić information content (AvgIpc) is 3.69. The summed E-state index contributed by atoms with van der Waals surface area (Å²) in [5.41, 5.74) is 2.02. The molecule has 0 aliphatic carbocycles. The van der Waals surface area contributed by atoms with Crippen LogP contribution in [0.2, 0.25) is 0 Å². The van der Waals surface area contributed by atoms with Crippen LogP contribution in [-0.4, -0.2) is 124 Å². The molecule has 1 heterocycles. The molecule has 3 N–H and O–H groups in total. The van der Waals surface area contributed by atoms with Gasteiger partial charge in [-0.15, -0.1) is 0 Å². The summed E-state index contributed by atoms with van der Waals surface area (Å²) in [6.45, 7) is 14.4. The van der Waals surface area contributed by atoms with E-state index in [1.165, 1.54) is 0 Å². The average molecular weight is 807 g/mol. The van der Waals surface area contributed by atoms with Gasteiger partial charge >= 0.3 is 0 Å². The van der Waals surface area contributed by atoms with Crippen molar-refractivity contribution in [3.05, 3.63) is 71.8 Å². The normalized spacial score (nSPS) is 19.2. The molecule has 2 aromatic rings. The number of methoxy groups -OCH3 is 2. The second-order valence-corrected chi connectivity index (χ2v) is 17.0. The maximum atomic E-state index is 14.4. The van der Waals surface area contributed by atoms with E-state index < -0.39 is 36.3 Å². The topological polar surface area (TPSA) is 133 Å². The van der Waals surface area contributed by atoms with E-state index in [1.54, 1.807) is 26.2 Å². The molecular formula is C46H74N6O6. The van der Waals surface area contributed by atoms with Gasteiger partial charge in [0, 0.05) is 27.8 Å². The van der Waals surface area contributed by atoms with Crippen molar-refractivity contribution in [3.8, 4) is 0 Å². The third-order valence-electron chi connectivity index (χ3n) is 12.2. The first-order chi connectivity index (χ1) is 27.5. The number of ether oxygens (including phenoxy) is 2. The largest absolute Gasteiger partial charge is 0.379 e. The van der Waals surface area contributed by atoms with E-state index in [0.717, 1.165) is 24.0 Å². The summed E-state index contributed by atoms with van der Waals surface area (Å²) in [5.74, 6) is -1.40. The molecule has 0 bridgehead atoms. The number of rotatable bonds is 22. The van der Waals surface area contributed by atoms with Crippen LogP contribution in [0.15, 0.2) is 60.7 Å². The number of carbonyl (C=O) groups is 4. The van der Waals surface area contributed by atoms with Crippen molar-refractivity contribution in [2.75, 3.05) is 49.0 Å². The molecule has 3 rings (SSSR count). The van der Waals surface area contributed by atoms with Crippen molar-refractivity contribution in [2.45, 2.75) is 123 Å². The lowest BCUT2D eigenvalue weighted by molar-refractivity contribution is -0.148. The lowest BCUT2D eigenvalue weighted by atomic mass is 9.89. The van der Waals surface area contributed by atoms with E-state index in [2.05, 4.69) is 29.8 Å². The Bertz CT molecular complexity index is 1570. The molecule has 0 radical (unpaired) electrons. The number of hydrogen-bond donors (Lipinski definition) is 3. The number of carbonyl (C=O) groups excluding carboxylic acids is 4. The molecule has 0 aromatic heterocycles. The molecule has 2 unspecified atom stereocenters. The molecule has 12 nitrogen and oxygen atoms in total. The Morgan fingerprint density at radius 2 is 1.36 bits per heavy atom. The fourth-order valence-electron chi connectivity index (χ4n) is 8.90. The highest BCUT2D eigenvalue weighted by Crippen LogP contribution is 2.32.